The fourth-order valence-electron chi connectivity index (χ4n) is 3.28. The van der Waals surface area contributed by atoms with Crippen LogP contribution in [0.3, 0.4) is 0 Å². The van der Waals surface area contributed by atoms with Gasteiger partial charge in [-0.05, 0) is 40.8 Å². The third-order valence-electron chi connectivity index (χ3n) is 4.50. The Balaban J connectivity index is 0.00000144. The molecule has 2 heterocycles. The Morgan fingerprint density at radius 1 is 0.955 bits per heavy atom. The molecule has 0 saturated heterocycles. The molecule has 0 atom stereocenters. The van der Waals surface area contributed by atoms with Gasteiger partial charge in [-0.15, -0.1) is 12.4 Å². The molecule has 4 heteroatoms. The Hall–Kier alpha value is -1.84. The summed E-state index contributed by atoms with van der Waals surface area (Å²) < 4.78 is 0. The molecule has 114 valence electrons. The van der Waals surface area contributed by atoms with Crippen LogP contribution < -0.4 is 5.32 Å². The first-order valence-corrected chi connectivity index (χ1v) is 7.50. The van der Waals surface area contributed by atoms with Gasteiger partial charge in [0.05, 0.1) is 0 Å². The van der Waals surface area contributed by atoms with Gasteiger partial charge in [-0.2, -0.15) is 0 Å². The monoisotopic (exact) mass is 314 g/mol. The van der Waals surface area contributed by atoms with E-state index in [1.807, 2.05) is 17.0 Å². The molecule has 1 N–H and O–H groups in total. The Labute approximate surface area is 136 Å². The highest BCUT2D eigenvalue weighted by Crippen LogP contribution is 2.22. The zero-order valence-corrected chi connectivity index (χ0v) is 13.2. The maximum Gasteiger partial charge on any atom is 0.254 e. The van der Waals surface area contributed by atoms with Crippen molar-refractivity contribution in [3.05, 3.63) is 70.3 Å². The van der Waals surface area contributed by atoms with Crippen molar-refractivity contribution in [2.24, 2.45) is 0 Å². The van der Waals surface area contributed by atoms with Crippen molar-refractivity contribution in [3.8, 4) is 0 Å². The number of halogens is 1. The van der Waals surface area contributed by atoms with Gasteiger partial charge in [0.1, 0.15) is 0 Å². The van der Waals surface area contributed by atoms with E-state index in [4.69, 9.17) is 0 Å². The smallest absolute Gasteiger partial charge is 0.254 e. The molecule has 0 bridgehead atoms. The predicted molar refractivity (Wildman–Crippen MR) is 89.1 cm³/mol. The second kappa shape index (κ2) is 6.11. The second-order valence-corrected chi connectivity index (χ2v) is 5.83. The molecule has 1 amide bonds. The average Bonchev–Trinajstić information content (AvgIpc) is 3.01. The van der Waals surface area contributed by atoms with Crippen molar-refractivity contribution in [3.63, 3.8) is 0 Å². The molecule has 2 aromatic carbocycles. The van der Waals surface area contributed by atoms with Gasteiger partial charge in [0, 0.05) is 31.7 Å². The third-order valence-corrected chi connectivity index (χ3v) is 4.50. The molecule has 4 rings (SSSR count). The van der Waals surface area contributed by atoms with E-state index in [1.54, 1.807) is 0 Å². The highest BCUT2D eigenvalue weighted by molar-refractivity contribution is 5.94. The molecule has 2 aliphatic rings. The summed E-state index contributed by atoms with van der Waals surface area (Å²) in [4.78, 5) is 14.7. The van der Waals surface area contributed by atoms with Crippen molar-refractivity contribution in [1.82, 2.24) is 10.2 Å². The normalized spacial score (nSPS) is 15.7. The summed E-state index contributed by atoms with van der Waals surface area (Å²) in [6, 6.07) is 14.5. The van der Waals surface area contributed by atoms with Crippen molar-refractivity contribution < 1.29 is 4.79 Å². The van der Waals surface area contributed by atoms with E-state index in [9.17, 15) is 4.79 Å². The van der Waals surface area contributed by atoms with Crippen LogP contribution in [0.1, 0.15) is 32.6 Å². The van der Waals surface area contributed by atoms with E-state index in [2.05, 4.69) is 35.6 Å². The average molecular weight is 315 g/mol. The summed E-state index contributed by atoms with van der Waals surface area (Å²) in [6.07, 6.45) is 0.953. The van der Waals surface area contributed by atoms with Gasteiger partial charge >= 0.3 is 0 Å². The first kappa shape index (κ1) is 15.1. The molecule has 0 aromatic heterocycles. The maximum absolute atomic E-state index is 12.7. The highest BCUT2D eigenvalue weighted by Gasteiger charge is 2.22. The van der Waals surface area contributed by atoms with Crippen LogP contribution in [0.2, 0.25) is 0 Å². The Morgan fingerprint density at radius 3 is 2.59 bits per heavy atom. The summed E-state index contributed by atoms with van der Waals surface area (Å²) in [5.41, 5.74) is 6.05. The molecule has 2 aliphatic heterocycles. The summed E-state index contributed by atoms with van der Waals surface area (Å²) in [5.74, 6) is 0.152. The lowest BCUT2D eigenvalue weighted by Gasteiger charge is -2.29. The lowest BCUT2D eigenvalue weighted by molar-refractivity contribution is 0.0734. The Bertz CT molecular complexity index is 714. The summed E-state index contributed by atoms with van der Waals surface area (Å²) in [7, 11) is 0. The van der Waals surface area contributed by atoms with E-state index in [0.29, 0.717) is 0 Å². The molecule has 0 aliphatic carbocycles. The molecule has 0 spiro atoms. The summed E-state index contributed by atoms with van der Waals surface area (Å²) in [6.45, 7) is 3.33. The third kappa shape index (κ3) is 2.62. The number of nitrogens with zero attached hydrogens (tertiary/aromatic N) is 1. The predicted octanol–water partition coefficient (Wildman–Crippen LogP) is 2.91. The van der Waals surface area contributed by atoms with Gasteiger partial charge in [0.15, 0.2) is 0 Å². The van der Waals surface area contributed by atoms with Gasteiger partial charge < -0.3 is 10.2 Å². The number of nitrogens with one attached hydrogen (secondary N) is 1. The zero-order chi connectivity index (χ0) is 14.2. The van der Waals surface area contributed by atoms with Crippen molar-refractivity contribution >= 4 is 18.3 Å². The van der Waals surface area contributed by atoms with Crippen molar-refractivity contribution in [1.29, 1.82) is 0 Å². The van der Waals surface area contributed by atoms with Crippen LogP contribution in [-0.2, 0) is 26.1 Å². The van der Waals surface area contributed by atoms with Crippen LogP contribution in [0.5, 0.6) is 0 Å². The number of rotatable bonds is 1. The second-order valence-electron chi connectivity index (χ2n) is 5.83. The topological polar surface area (TPSA) is 32.3 Å². The van der Waals surface area contributed by atoms with Crippen LogP contribution in [-0.4, -0.2) is 17.4 Å². The number of hydrogen-bond donors (Lipinski definition) is 1. The highest BCUT2D eigenvalue weighted by atomic mass is 35.5. The molecule has 0 saturated carbocycles. The van der Waals surface area contributed by atoms with Crippen LogP contribution in [0.4, 0.5) is 0 Å². The lowest BCUT2D eigenvalue weighted by Crippen LogP contribution is -2.35. The molecular formula is C18H19ClN2O. The number of amides is 1. The molecule has 22 heavy (non-hydrogen) atoms. The number of fused-ring (bicyclic) bond motifs is 2. The van der Waals surface area contributed by atoms with E-state index in [1.165, 1.54) is 22.3 Å². The molecule has 3 nitrogen and oxygen atoms in total. The number of carbonyl (C=O) groups excluding carboxylic acids is 1. The van der Waals surface area contributed by atoms with Crippen LogP contribution >= 0.6 is 12.4 Å². The van der Waals surface area contributed by atoms with Gasteiger partial charge in [-0.25, -0.2) is 0 Å². The minimum Gasteiger partial charge on any atom is -0.334 e. The number of benzene rings is 2. The van der Waals surface area contributed by atoms with Crippen molar-refractivity contribution in [2.45, 2.75) is 26.1 Å². The van der Waals surface area contributed by atoms with E-state index in [0.717, 1.165) is 38.2 Å². The van der Waals surface area contributed by atoms with Gasteiger partial charge in [-0.1, -0.05) is 30.3 Å². The van der Waals surface area contributed by atoms with E-state index in [-0.39, 0.29) is 18.3 Å². The first-order chi connectivity index (χ1) is 10.3. The molecular weight excluding hydrogens is 296 g/mol. The standard InChI is InChI=1S/C18H18N2O.ClH/c21-18(14-5-6-15-10-19-11-17(15)9-14)20-8-7-13-3-1-2-4-16(13)12-20;/h1-6,9,19H,7-8,10-12H2;1H. The fraction of sp³-hybridized carbons (Fsp3) is 0.278. The van der Waals surface area contributed by atoms with E-state index >= 15 is 0 Å². The SMILES string of the molecule is Cl.O=C(c1ccc2c(c1)CNC2)N1CCc2ccccc2C1. The number of carbonyl (C=O) groups is 1. The Morgan fingerprint density at radius 2 is 1.73 bits per heavy atom. The largest absolute Gasteiger partial charge is 0.334 e. The van der Waals surface area contributed by atoms with Crippen LogP contribution in [0.15, 0.2) is 42.5 Å². The first-order valence-electron chi connectivity index (χ1n) is 7.50. The Kier molecular flexibility index (Phi) is 4.19. The molecule has 0 fully saturated rings. The number of hydrogen-bond acceptors (Lipinski definition) is 2. The summed E-state index contributed by atoms with van der Waals surface area (Å²) in [5, 5.41) is 3.32. The van der Waals surface area contributed by atoms with Crippen LogP contribution in [0.25, 0.3) is 0 Å². The van der Waals surface area contributed by atoms with E-state index < -0.39 is 0 Å². The van der Waals surface area contributed by atoms with Crippen molar-refractivity contribution in [2.75, 3.05) is 6.54 Å². The van der Waals surface area contributed by atoms with Gasteiger partial charge in [0.2, 0.25) is 0 Å². The molecule has 0 radical (unpaired) electrons. The minimum absolute atomic E-state index is 0. The van der Waals surface area contributed by atoms with Crippen LogP contribution in [0, 0.1) is 0 Å². The van der Waals surface area contributed by atoms with Gasteiger partial charge in [0.25, 0.3) is 5.91 Å². The fourth-order valence-corrected chi connectivity index (χ4v) is 3.28. The quantitative estimate of drug-likeness (QED) is 0.878. The zero-order valence-electron chi connectivity index (χ0n) is 12.3. The lowest BCUT2D eigenvalue weighted by atomic mass is 9.98. The summed E-state index contributed by atoms with van der Waals surface area (Å²) >= 11 is 0. The van der Waals surface area contributed by atoms with Gasteiger partial charge in [-0.3, -0.25) is 4.79 Å². The molecule has 0 unspecified atom stereocenters. The molecule has 2 aromatic rings. The minimum atomic E-state index is 0. The maximum atomic E-state index is 12.7.